The molecule has 1 unspecified atom stereocenters. The van der Waals surface area contributed by atoms with E-state index in [0.29, 0.717) is 0 Å². The predicted molar refractivity (Wildman–Crippen MR) is 81.2 cm³/mol. The number of pyridine rings is 2. The van der Waals surface area contributed by atoms with Crippen molar-refractivity contribution in [2.45, 2.75) is 19.5 Å². The molecular formula is C17H17N3. The lowest BCUT2D eigenvalue weighted by Gasteiger charge is -2.14. The summed E-state index contributed by atoms with van der Waals surface area (Å²) in [6.07, 6.45) is 7.50. The van der Waals surface area contributed by atoms with Crippen molar-refractivity contribution in [3.8, 4) is 0 Å². The molecule has 3 rings (SSSR count). The van der Waals surface area contributed by atoms with Crippen LogP contribution in [0.2, 0.25) is 0 Å². The van der Waals surface area contributed by atoms with E-state index < -0.39 is 0 Å². The molecule has 3 nitrogen and oxygen atoms in total. The zero-order chi connectivity index (χ0) is 13.8. The van der Waals surface area contributed by atoms with Crippen LogP contribution in [0.3, 0.4) is 0 Å². The van der Waals surface area contributed by atoms with Gasteiger partial charge in [-0.3, -0.25) is 9.97 Å². The van der Waals surface area contributed by atoms with Crippen molar-refractivity contribution in [3.05, 3.63) is 72.3 Å². The number of nitrogens with one attached hydrogen (secondary N) is 1. The highest BCUT2D eigenvalue weighted by Gasteiger charge is 2.06. The van der Waals surface area contributed by atoms with Crippen molar-refractivity contribution in [3.63, 3.8) is 0 Å². The topological polar surface area (TPSA) is 37.8 Å². The normalized spacial score (nSPS) is 12.4. The van der Waals surface area contributed by atoms with Crippen molar-refractivity contribution in [2.75, 3.05) is 0 Å². The first kappa shape index (κ1) is 12.8. The number of rotatable bonds is 4. The van der Waals surface area contributed by atoms with Crippen molar-refractivity contribution < 1.29 is 0 Å². The van der Waals surface area contributed by atoms with Gasteiger partial charge in [-0.15, -0.1) is 0 Å². The molecule has 1 atom stereocenters. The van der Waals surface area contributed by atoms with Gasteiger partial charge >= 0.3 is 0 Å². The first-order valence-electron chi connectivity index (χ1n) is 6.79. The Kier molecular flexibility index (Phi) is 3.70. The monoisotopic (exact) mass is 263 g/mol. The average Bonchev–Trinajstić information content (AvgIpc) is 2.53. The van der Waals surface area contributed by atoms with E-state index >= 15 is 0 Å². The van der Waals surface area contributed by atoms with Gasteiger partial charge in [0.1, 0.15) is 0 Å². The lowest BCUT2D eigenvalue weighted by atomic mass is 10.1. The van der Waals surface area contributed by atoms with Crippen molar-refractivity contribution >= 4 is 10.8 Å². The number of hydrogen-bond donors (Lipinski definition) is 1. The zero-order valence-corrected chi connectivity index (χ0v) is 11.5. The molecule has 3 heteroatoms. The summed E-state index contributed by atoms with van der Waals surface area (Å²) in [5.74, 6) is 0. The minimum Gasteiger partial charge on any atom is -0.306 e. The number of fused-ring (bicyclic) bond motifs is 1. The Morgan fingerprint density at radius 3 is 2.65 bits per heavy atom. The Morgan fingerprint density at radius 2 is 1.80 bits per heavy atom. The molecule has 100 valence electrons. The van der Waals surface area contributed by atoms with Crippen molar-refractivity contribution in [2.24, 2.45) is 0 Å². The van der Waals surface area contributed by atoms with Gasteiger partial charge in [0.15, 0.2) is 0 Å². The maximum atomic E-state index is 4.31. The highest BCUT2D eigenvalue weighted by Crippen LogP contribution is 2.18. The highest BCUT2D eigenvalue weighted by atomic mass is 14.9. The van der Waals surface area contributed by atoms with E-state index in [4.69, 9.17) is 0 Å². The minimum atomic E-state index is 0.289. The number of nitrogens with zero attached hydrogens (tertiary/aromatic N) is 2. The highest BCUT2D eigenvalue weighted by molar-refractivity contribution is 5.84. The zero-order valence-electron chi connectivity index (χ0n) is 11.5. The van der Waals surface area contributed by atoms with E-state index in [-0.39, 0.29) is 6.04 Å². The van der Waals surface area contributed by atoms with Gasteiger partial charge in [0, 0.05) is 42.8 Å². The Morgan fingerprint density at radius 1 is 1.00 bits per heavy atom. The molecule has 0 amide bonds. The Balaban J connectivity index is 1.77. The molecule has 0 fully saturated rings. The summed E-state index contributed by atoms with van der Waals surface area (Å²) >= 11 is 0. The fourth-order valence-electron chi connectivity index (χ4n) is 2.35. The van der Waals surface area contributed by atoms with Gasteiger partial charge in [-0.2, -0.15) is 0 Å². The average molecular weight is 263 g/mol. The molecule has 20 heavy (non-hydrogen) atoms. The summed E-state index contributed by atoms with van der Waals surface area (Å²) in [6.45, 7) is 2.96. The predicted octanol–water partition coefficient (Wildman–Crippen LogP) is 3.48. The molecule has 1 aromatic carbocycles. The van der Waals surface area contributed by atoms with Gasteiger partial charge in [-0.05, 0) is 35.6 Å². The van der Waals surface area contributed by atoms with Gasteiger partial charge in [-0.1, -0.05) is 24.3 Å². The Bertz CT molecular complexity index is 689. The molecule has 0 spiro atoms. The summed E-state index contributed by atoms with van der Waals surface area (Å²) in [7, 11) is 0. The van der Waals surface area contributed by atoms with E-state index in [0.717, 1.165) is 6.54 Å². The molecule has 0 aliphatic carbocycles. The maximum Gasteiger partial charge on any atom is 0.0346 e. The number of hydrogen-bond acceptors (Lipinski definition) is 3. The van der Waals surface area contributed by atoms with Crippen LogP contribution >= 0.6 is 0 Å². The minimum absolute atomic E-state index is 0.289. The molecule has 0 saturated heterocycles. The van der Waals surface area contributed by atoms with Gasteiger partial charge in [0.05, 0.1) is 0 Å². The Labute approximate surface area is 118 Å². The van der Waals surface area contributed by atoms with Crippen molar-refractivity contribution in [1.29, 1.82) is 0 Å². The third-order valence-corrected chi connectivity index (χ3v) is 3.56. The molecule has 0 aliphatic heterocycles. The van der Waals surface area contributed by atoms with Crippen LogP contribution in [0.4, 0.5) is 0 Å². The van der Waals surface area contributed by atoms with Crippen LogP contribution in [0.1, 0.15) is 24.1 Å². The summed E-state index contributed by atoms with van der Waals surface area (Å²) < 4.78 is 0. The second-order valence-electron chi connectivity index (χ2n) is 4.90. The molecule has 3 aromatic rings. The van der Waals surface area contributed by atoms with E-state index in [1.165, 1.54) is 21.9 Å². The maximum absolute atomic E-state index is 4.31. The largest absolute Gasteiger partial charge is 0.306 e. The van der Waals surface area contributed by atoms with E-state index in [1.54, 1.807) is 0 Å². The van der Waals surface area contributed by atoms with Crippen LogP contribution in [0.5, 0.6) is 0 Å². The third kappa shape index (κ3) is 2.68. The first-order chi connectivity index (χ1) is 9.84. The first-order valence-corrected chi connectivity index (χ1v) is 6.79. The summed E-state index contributed by atoms with van der Waals surface area (Å²) in [5.41, 5.74) is 2.47. The van der Waals surface area contributed by atoms with Crippen LogP contribution in [0, 0.1) is 0 Å². The molecule has 1 N–H and O–H groups in total. The molecule has 0 aliphatic rings. The van der Waals surface area contributed by atoms with E-state index in [9.17, 15) is 0 Å². The van der Waals surface area contributed by atoms with Gasteiger partial charge in [0.2, 0.25) is 0 Å². The number of aromatic nitrogens is 2. The molecule has 2 heterocycles. The molecular weight excluding hydrogens is 246 g/mol. The van der Waals surface area contributed by atoms with Crippen LogP contribution in [-0.4, -0.2) is 9.97 Å². The lowest BCUT2D eigenvalue weighted by molar-refractivity contribution is 0.575. The van der Waals surface area contributed by atoms with E-state index in [2.05, 4.69) is 40.4 Å². The summed E-state index contributed by atoms with van der Waals surface area (Å²) in [5, 5.41) is 5.98. The second-order valence-corrected chi connectivity index (χ2v) is 4.90. The second kappa shape index (κ2) is 5.80. The molecule has 0 radical (unpaired) electrons. The summed E-state index contributed by atoms with van der Waals surface area (Å²) in [6, 6.07) is 12.7. The van der Waals surface area contributed by atoms with E-state index in [1.807, 2.05) is 43.0 Å². The molecule has 2 aromatic heterocycles. The fourth-order valence-corrected chi connectivity index (χ4v) is 2.35. The van der Waals surface area contributed by atoms with Crippen LogP contribution in [-0.2, 0) is 6.54 Å². The van der Waals surface area contributed by atoms with Gasteiger partial charge < -0.3 is 5.32 Å². The SMILES string of the molecule is CC(NCc1cncc2ccccc12)c1ccncc1. The standard InChI is InChI=1S/C17H17N3/c1-13(14-6-8-18-9-7-14)20-12-16-11-19-10-15-4-2-3-5-17(15)16/h2-11,13,20H,12H2,1H3. The summed E-state index contributed by atoms with van der Waals surface area (Å²) in [4.78, 5) is 8.36. The lowest BCUT2D eigenvalue weighted by Crippen LogP contribution is -2.18. The van der Waals surface area contributed by atoms with Crippen molar-refractivity contribution in [1.82, 2.24) is 15.3 Å². The fraction of sp³-hybridized carbons (Fsp3) is 0.176. The van der Waals surface area contributed by atoms with Gasteiger partial charge in [0.25, 0.3) is 0 Å². The van der Waals surface area contributed by atoms with Crippen LogP contribution in [0.25, 0.3) is 10.8 Å². The van der Waals surface area contributed by atoms with Crippen LogP contribution in [0.15, 0.2) is 61.2 Å². The molecule has 0 saturated carbocycles. The number of benzene rings is 1. The van der Waals surface area contributed by atoms with Crippen LogP contribution < -0.4 is 5.32 Å². The quantitative estimate of drug-likeness (QED) is 0.783. The Hall–Kier alpha value is -2.26. The third-order valence-electron chi connectivity index (χ3n) is 3.56. The van der Waals surface area contributed by atoms with Gasteiger partial charge in [-0.25, -0.2) is 0 Å². The smallest absolute Gasteiger partial charge is 0.0346 e. The molecule has 0 bridgehead atoms.